The third kappa shape index (κ3) is 3.51. The van der Waals surface area contributed by atoms with Gasteiger partial charge in [0.25, 0.3) is 5.56 Å². The Bertz CT molecular complexity index is 1240. The van der Waals surface area contributed by atoms with Crippen molar-refractivity contribution in [2.75, 3.05) is 26.1 Å². The van der Waals surface area contributed by atoms with Gasteiger partial charge in [0.2, 0.25) is 0 Å². The molecule has 29 heavy (non-hydrogen) atoms. The summed E-state index contributed by atoms with van der Waals surface area (Å²) in [5, 5.41) is 7.15. The highest BCUT2D eigenvalue weighted by atomic mass is 16.5. The first-order valence-electron chi connectivity index (χ1n) is 9.69. The molecule has 148 valence electrons. The molecule has 0 unspecified atom stereocenters. The second-order valence-electron chi connectivity index (χ2n) is 6.91. The fraction of sp³-hybridized carbons (Fsp3) is 0.208. The van der Waals surface area contributed by atoms with Gasteiger partial charge in [0, 0.05) is 36.0 Å². The molecule has 5 nitrogen and oxygen atoms in total. The van der Waals surface area contributed by atoms with Crippen LogP contribution in [0.4, 0.5) is 5.69 Å². The molecular weight excluding hydrogens is 364 g/mol. The Labute approximate surface area is 169 Å². The van der Waals surface area contributed by atoms with E-state index in [-0.39, 0.29) is 5.56 Å². The van der Waals surface area contributed by atoms with E-state index in [1.165, 1.54) is 0 Å². The largest absolute Gasteiger partial charge is 0.495 e. The highest BCUT2D eigenvalue weighted by molar-refractivity contribution is 5.91. The van der Waals surface area contributed by atoms with Crippen molar-refractivity contribution in [1.29, 1.82) is 0 Å². The molecular formula is C24H24N2O3. The second kappa shape index (κ2) is 7.87. The van der Waals surface area contributed by atoms with Gasteiger partial charge in [-0.2, -0.15) is 0 Å². The SMILES string of the molecule is CCOc1cccc2ccc(Cc3c(=O)[nH]cc4cc(NC)c(OC)cc34)cc12. The fourth-order valence-corrected chi connectivity index (χ4v) is 3.76. The number of benzene rings is 3. The van der Waals surface area contributed by atoms with Gasteiger partial charge in [-0.3, -0.25) is 4.79 Å². The summed E-state index contributed by atoms with van der Waals surface area (Å²) in [5.74, 6) is 1.57. The maximum Gasteiger partial charge on any atom is 0.252 e. The first-order valence-corrected chi connectivity index (χ1v) is 9.69. The van der Waals surface area contributed by atoms with E-state index in [1.807, 2.05) is 38.2 Å². The van der Waals surface area contributed by atoms with Crippen LogP contribution in [0.2, 0.25) is 0 Å². The van der Waals surface area contributed by atoms with Crippen molar-refractivity contribution >= 4 is 27.2 Å². The number of nitrogens with one attached hydrogen (secondary N) is 2. The van der Waals surface area contributed by atoms with Crippen molar-refractivity contribution in [3.8, 4) is 11.5 Å². The number of hydrogen-bond donors (Lipinski definition) is 2. The Hall–Kier alpha value is -3.47. The molecule has 0 amide bonds. The third-order valence-corrected chi connectivity index (χ3v) is 5.19. The molecule has 2 N–H and O–H groups in total. The first kappa shape index (κ1) is 18.9. The van der Waals surface area contributed by atoms with E-state index in [2.05, 4.69) is 34.6 Å². The second-order valence-corrected chi connectivity index (χ2v) is 6.91. The highest BCUT2D eigenvalue weighted by Gasteiger charge is 2.12. The van der Waals surface area contributed by atoms with E-state index >= 15 is 0 Å². The quantitative estimate of drug-likeness (QED) is 0.502. The minimum absolute atomic E-state index is 0.0880. The van der Waals surface area contributed by atoms with Crippen LogP contribution in [0.15, 0.2) is 59.5 Å². The number of fused-ring (bicyclic) bond motifs is 2. The summed E-state index contributed by atoms with van der Waals surface area (Å²) in [6.07, 6.45) is 2.26. The molecule has 4 rings (SSSR count). The number of hydrogen-bond acceptors (Lipinski definition) is 4. The van der Waals surface area contributed by atoms with Crippen LogP contribution in [0.1, 0.15) is 18.1 Å². The standard InChI is InChI=1S/C24H24N2O3/c1-4-29-22-7-5-6-16-9-8-15(10-19(16)22)11-20-18-13-23(28-3)21(25-2)12-17(18)14-26-24(20)27/h5-10,12-14,25H,4,11H2,1-3H3,(H,26,27). The zero-order valence-electron chi connectivity index (χ0n) is 16.8. The number of aromatic amines is 1. The van der Waals surface area contributed by atoms with E-state index in [0.717, 1.165) is 44.1 Å². The Morgan fingerprint density at radius 2 is 1.86 bits per heavy atom. The molecule has 0 aliphatic heterocycles. The van der Waals surface area contributed by atoms with Gasteiger partial charge in [-0.05, 0) is 47.5 Å². The molecule has 0 saturated heterocycles. The van der Waals surface area contributed by atoms with Crippen LogP contribution in [0.3, 0.4) is 0 Å². The van der Waals surface area contributed by atoms with Crippen molar-refractivity contribution in [3.63, 3.8) is 0 Å². The topological polar surface area (TPSA) is 63.4 Å². The smallest absolute Gasteiger partial charge is 0.252 e. The Kier molecular flexibility index (Phi) is 5.12. The molecule has 0 fully saturated rings. The van der Waals surface area contributed by atoms with Crippen molar-refractivity contribution in [3.05, 3.63) is 76.2 Å². The third-order valence-electron chi connectivity index (χ3n) is 5.19. The van der Waals surface area contributed by atoms with Crippen LogP contribution in [-0.4, -0.2) is 25.7 Å². The molecule has 0 spiro atoms. The normalized spacial score (nSPS) is 11.0. The summed E-state index contributed by atoms with van der Waals surface area (Å²) in [6.45, 7) is 2.59. The minimum atomic E-state index is -0.0880. The predicted molar refractivity (Wildman–Crippen MR) is 119 cm³/mol. The molecule has 0 radical (unpaired) electrons. The number of rotatable bonds is 6. The number of methoxy groups -OCH3 is 1. The molecule has 0 aliphatic carbocycles. The number of ether oxygens (including phenoxy) is 2. The lowest BCUT2D eigenvalue weighted by Crippen LogP contribution is -2.13. The summed E-state index contributed by atoms with van der Waals surface area (Å²) < 4.78 is 11.3. The number of H-pyrrole nitrogens is 1. The Morgan fingerprint density at radius 1 is 1.00 bits per heavy atom. The van der Waals surface area contributed by atoms with Gasteiger partial charge in [-0.25, -0.2) is 0 Å². The van der Waals surface area contributed by atoms with Gasteiger partial charge in [0.05, 0.1) is 19.4 Å². The number of aromatic nitrogens is 1. The molecule has 0 atom stereocenters. The first-order chi connectivity index (χ1) is 14.1. The average Bonchev–Trinajstić information content (AvgIpc) is 2.75. The lowest BCUT2D eigenvalue weighted by atomic mass is 9.97. The Balaban J connectivity index is 1.84. The maximum atomic E-state index is 12.7. The zero-order valence-corrected chi connectivity index (χ0v) is 16.8. The van der Waals surface area contributed by atoms with Gasteiger partial charge in [0.1, 0.15) is 11.5 Å². The predicted octanol–water partition coefficient (Wildman–Crippen LogP) is 4.72. The van der Waals surface area contributed by atoms with Gasteiger partial charge < -0.3 is 19.8 Å². The average molecular weight is 388 g/mol. The van der Waals surface area contributed by atoms with Crippen LogP contribution in [-0.2, 0) is 6.42 Å². The van der Waals surface area contributed by atoms with Gasteiger partial charge in [0.15, 0.2) is 0 Å². The van der Waals surface area contributed by atoms with E-state index in [0.29, 0.717) is 18.8 Å². The van der Waals surface area contributed by atoms with E-state index < -0.39 is 0 Å². The molecule has 5 heteroatoms. The van der Waals surface area contributed by atoms with E-state index in [1.54, 1.807) is 13.3 Å². The molecule has 1 aromatic heterocycles. The van der Waals surface area contributed by atoms with Crippen molar-refractivity contribution < 1.29 is 9.47 Å². The molecule has 1 heterocycles. The van der Waals surface area contributed by atoms with Crippen LogP contribution < -0.4 is 20.3 Å². The van der Waals surface area contributed by atoms with Crippen LogP contribution in [0.5, 0.6) is 11.5 Å². The van der Waals surface area contributed by atoms with Crippen LogP contribution in [0.25, 0.3) is 21.5 Å². The Morgan fingerprint density at radius 3 is 2.62 bits per heavy atom. The molecule has 0 bridgehead atoms. The summed E-state index contributed by atoms with van der Waals surface area (Å²) in [4.78, 5) is 15.6. The monoisotopic (exact) mass is 388 g/mol. The van der Waals surface area contributed by atoms with Gasteiger partial charge >= 0.3 is 0 Å². The van der Waals surface area contributed by atoms with Crippen molar-refractivity contribution in [2.45, 2.75) is 13.3 Å². The van der Waals surface area contributed by atoms with E-state index in [4.69, 9.17) is 9.47 Å². The van der Waals surface area contributed by atoms with Gasteiger partial charge in [-0.1, -0.05) is 24.3 Å². The van der Waals surface area contributed by atoms with Crippen molar-refractivity contribution in [2.24, 2.45) is 0 Å². The number of pyridine rings is 1. The van der Waals surface area contributed by atoms with E-state index in [9.17, 15) is 4.79 Å². The zero-order chi connectivity index (χ0) is 20.4. The highest BCUT2D eigenvalue weighted by Crippen LogP contribution is 2.32. The molecule has 4 aromatic rings. The molecule has 0 saturated carbocycles. The lowest BCUT2D eigenvalue weighted by Gasteiger charge is -2.13. The van der Waals surface area contributed by atoms with Crippen LogP contribution >= 0.6 is 0 Å². The summed E-state index contributed by atoms with van der Waals surface area (Å²) in [5.41, 5.74) is 2.57. The molecule has 3 aromatic carbocycles. The molecule has 0 aliphatic rings. The number of anilines is 1. The summed E-state index contributed by atoms with van der Waals surface area (Å²) >= 11 is 0. The minimum Gasteiger partial charge on any atom is -0.495 e. The van der Waals surface area contributed by atoms with Gasteiger partial charge in [-0.15, -0.1) is 0 Å². The fourth-order valence-electron chi connectivity index (χ4n) is 3.76. The summed E-state index contributed by atoms with van der Waals surface area (Å²) in [7, 11) is 3.48. The maximum absolute atomic E-state index is 12.7. The van der Waals surface area contributed by atoms with Crippen molar-refractivity contribution in [1.82, 2.24) is 4.98 Å². The van der Waals surface area contributed by atoms with Crippen LogP contribution in [0, 0.1) is 0 Å². The summed E-state index contributed by atoms with van der Waals surface area (Å²) in [6, 6.07) is 16.2. The lowest BCUT2D eigenvalue weighted by molar-refractivity contribution is 0.344.